The zero-order valence-electron chi connectivity index (χ0n) is 15.6. The van der Waals surface area contributed by atoms with Gasteiger partial charge in [0.15, 0.2) is 0 Å². The number of halogens is 1. The van der Waals surface area contributed by atoms with Crippen LogP contribution in [0.3, 0.4) is 0 Å². The Morgan fingerprint density at radius 2 is 1.74 bits per heavy atom. The van der Waals surface area contributed by atoms with E-state index in [1.54, 1.807) is 0 Å². The Morgan fingerprint density at radius 3 is 2.41 bits per heavy atom. The van der Waals surface area contributed by atoms with Gasteiger partial charge in [0, 0.05) is 12.2 Å². The van der Waals surface area contributed by atoms with Crippen molar-refractivity contribution < 1.29 is 9.59 Å². The van der Waals surface area contributed by atoms with E-state index < -0.39 is 0 Å². The molecule has 3 rings (SSSR count). The molecule has 144 valence electrons. The minimum Gasteiger partial charge on any atom is -0.346 e. The molecule has 2 amide bonds. The number of amides is 2. The molecule has 0 radical (unpaired) electrons. The van der Waals surface area contributed by atoms with Crippen LogP contribution in [0.5, 0.6) is 0 Å². The number of anilines is 1. The van der Waals surface area contributed by atoms with Gasteiger partial charge in [0.05, 0.1) is 12.6 Å². The van der Waals surface area contributed by atoms with Gasteiger partial charge in [-0.15, -0.1) is 12.4 Å². The summed E-state index contributed by atoms with van der Waals surface area (Å²) in [7, 11) is 0. The first kappa shape index (κ1) is 20.9. The van der Waals surface area contributed by atoms with E-state index in [0.29, 0.717) is 18.9 Å². The summed E-state index contributed by atoms with van der Waals surface area (Å²) < 4.78 is 0. The largest absolute Gasteiger partial charge is 0.346 e. The summed E-state index contributed by atoms with van der Waals surface area (Å²) in [5, 5.41) is 8.75. The second kappa shape index (κ2) is 9.53. The highest BCUT2D eigenvalue weighted by Crippen LogP contribution is 2.17. The van der Waals surface area contributed by atoms with Crippen molar-refractivity contribution in [1.82, 2.24) is 10.6 Å². The zero-order chi connectivity index (χ0) is 18.5. The van der Waals surface area contributed by atoms with Gasteiger partial charge in [0.2, 0.25) is 11.8 Å². The van der Waals surface area contributed by atoms with Crippen molar-refractivity contribution in [3.8, 4) is 0 Å². The van der Waals surface area contributed by atoms with Crippen molar-refractivity contribution in [1.29, 1.82) is 0 Å². The van der Waals surface area contributed by atoms with Crippen molar-refractivity contribution in [2.24, 2.45) is 0 Å². The quantitative estimate of drug-likeness (QED) is 0.738. The molecule has 0 fully saturated rings. The summed E-state index contributed by atoms with van der Waals surface area (Å²) in [6.45, 7) is 4.88. The number of hydrogen-bond acceptors (Lipinski definition) is 3. The summed E-state index contributed by atoms with van der Waals surface area (Å²) in [4.78, 5) is 24.4. The highest BCUT2D eigenvalue weighted by Gasteiger charge is 2.23. The third-order valence-electron chi connectivity index (χ3n) is 4.68. The number of rotatable bonds is 5. The van der Waals surface area contributed by atoms with Crippen LogP contribution in [-0.2, 0) is 22.6 Å². The fraction of sp³-hybridized carbons (Fsp3) is 0.333. The summed E-state index contributed by atoms with van der Waals surface area (Å²) in [6.07, 6.45) is 0.639. The maximum absolute atomic E-state index is 12.3. The lowest BCUT2D eigenvalue weighted by atomic mass is 9.95. The number of benzene rings is 2. The van der Waals surface area contributed by atoms with E-state index in [1.165, 1.54) is 16.7 Å². The van der Waals surface area contributed by atoms with Gasteiger partial charge >= 0.3 is 0 Å². The van der Waals surface area contributed by atoms with Crippen LogP contribution in [0.2, 0.25) is 0 Å². The molecule has 0 unspecified atom stereocenters. The first-order valence-electron chi connectivity index (χ1n) is 9.00. The third-order valence-corrected chi connectivity index (χ3v) is 4.68. The fourth-order valence-electron chi connectivity index (χ4n) is 3.09. The van der Waals surface area contributed by atoms with Crippen molar-refractivity contribution >= 4 is 29.9 Å². The minimum atomic E-state index is -0.303. The van der Waals surface area contributed by atoms with Crippen LogP contribution in [0.15, 0.2) is 48.5 Å². The second-order valence-corrected chi connectivity index (χ2v) is 6.95. The fourth-order valence-corrected chi connectivity index (χ4v) is 3.09. The molecule has 0 spiro atoms. The van der Waals surface area contributed by atoms with E-state index in [9.17, 15) is 9.59 Å². The Kier molecular flexibility index (Phi) is 7.39. The number of hydrogen-bond donors (Lipinski definition) is 3. The van der Waals surface area contributed by atoms with Crippen LogP contribution in [-0.4, -0.2) is 24.4 Å². The van der Waals surface area contributed by atoms with E-state index in [0.717, 1.165) is 5.69 Å². The molecule has 0 aromatic heterocycles. The van der Waals surface area contributed by atoms with E-state index in [1.807, 2.05) is 42.5 Å². The molecule has 0 bridgehead atoms. The monoisotopic (exact) mass is 387 g/mol. The normalized spacial score (nSPS) is 15.4. The van der Waals surface area contributed by atoms with E-state index >= 15 is 0 Å². The lowest BCUT2D eigenvalue weighted by molar-refractivity contribution is -0.125. The average molecular weight is 388 g/mol. The maximum atomic E-state index is 12.3. The molecule has 0 aliphatic carbocycles. The predicted octanol–water partition coefficient (Wildman–Crippen LogP) is 3.00. The smallest absolute Gasteiger partial charge is 0.243 e. The molecule has 1 atom stereocenters. The van der Waals surface area contributed by atoms with Gasteiger partial charge in [-0.05, 0) is 41.2 Å². The Labute approximate surface area is 166 Å². The molecule has 27 heavy (non-hydrogen) atoms. The maximum Gasteiger partial charge on any atom is 0.243 e. The van der Waals surface area contributed by atoms with Crippen LogP contribution in [0.25, 0.3) is 0 Å². The van der Waals surface area contributed by atoms with Gasteiger partial charge in [0.25, 0.3) is 0 Å². The predicted molar refractivity (Wildman–Crippen MR) is 110 cm³/mol. The summed E-state index contributed by atoms with van der Waals surface area (Å²) in [5.41, 5.74) is 4.36. The molecule has 1 aliphatic rings. The van der Waals surface area contributed by atoms with Crippen molar-refractivity contribution in [2.45, 2.75) is 38.8 Å². The lowest BCUT2D eigenvalue weighted by Crippen LogP contribution is -2.49. The molecule has 0 saturated carbocycles. The summed E-state index contributed by atoms with van der Waals surface area (Å²) in [6, 6.07) is 15.6. The topological polar surface area (TPSA) is 70.2 Å². The molecule has 2 aromatic carbocycles. The Bertz CT molecular complexity index is 790. The lowest BCUT2D eigenvalue weighted by Gasteiger charge is -2.25. The average Bonchev–Trinajstić information content (AvgIpc) is 2.66. The van der Waals surface area contributed by atoms with Gasteiger partial charge in [-0.25, -0.2) is 0 Å². The molecule has 6 heteroatoms. The SMILES string of the molecule is CC(C)c1ccc(NC(=O)CNC(=O)[C@@H]2Cc3ccccc3CN2)cc1.Cl. The standard InChI is InChI=1S/C21H25N3O2.ClH/c1-14(2)15-7-9-18(10-8-15)24-20(25)13-23-21(26)19-11-16-5-3-4-6-17(16)12-22-19;/h3-10,14,19,22H,11-13H2,1-2H3,(H,23,26)(H,24,25);1H/t19-;/m0./s1. The van der Waals surface area contributed by atoms with Gasteiger partial charge in [0.1, 0.15) is 0 Å². The molecule has 1 aliphatic heterocycles. The molecular weight excluding hydrogens is 362 g/mol. The van der Waals surface area contributed by atoms with Gasteiger partial charge in [-0.3, -0.25) is 9.59 Å². The van der Waals surface area contributed by atoms with Crippen LogP contribution in [0, 0.1) is 0 Å². The summed E-state index contributed by atoms with van der Waals surface area (Å²) >= 11 is 0. The van der Waals surface area contributed by atoms with Crippen LogP contribution in [0.1, 0.15) is 36.5 Å². The van der Waals surface area contributed by atoms with Crippen molar-refractivity contribution in [3.63, 3.8) is 0 Å². The minimum absolute atomic E-state index is 0. The number of carbonyl (C=O) groups excluding carboxylic acids is 2. The van der Waals surface area contributed by atoms with Crippen molar-refractivity contribution in [2.75, 3.05) is 11.9 Å². The first-order chi connectivity index (χ1) is 12.5. The Morgan fingerprint density at radius 1 is 1.07 bits per heavy atom. The molecular formula is C21H26ClN3O2. The second-order valence-electron chi connectivity index (χ2n) is 6.95. The molecule has 0 saturated heterocycles. The highest BCUT2D eigenvalue weighted by atomic mass is 35.5. The third kappa shape index (κ3) is 5.55. The number of fused-ring (bicyclic) bond motifs is 1. The van der Waals surface area contributed by atoms with Crippen molar-refractivity contribution in [3.05, 3.63) is 65.2 Å². The van der Waals surface area contributed by atoms with Gasteiger partial charge in [-0.2, -0.15) is 0 Å². The van der Waals surface area contributed by atoms with Crippen LogP contribution < -0.4 is 16.0 Å². The molecule has 2 aromatic rings. The Hall–Kier alpha value is -2.37. The highest BCUT2D eigenvalue weighted by molar-refractivity contribution is 5.95. The van der Waals surface area contributed by atoms with Crippen LogP contribution in [0.4, 0.5) is 5.69 Å². The molecule has 1 heterocycles. The summed E-state index contributed by atoms with van der Waals surface area (Å²) in [5.74, 6) is 0.0730. The van der Waals surface area contributed by atoms with E-state index in [2.05, 4.69) is 35.9 Å². The Balaban J connectivity index is 0.00000261. The number of nitrogens with one attached hydrogen (secondary N) is 3. The number of carbonyl (C=O) groups is 2. The van der Waals surface area contributed by atoms with Crippen LogP contribution >= 0.6 is 12.4 Å². The van der Waals surface area contributed by atoms with Gasteiger partial charge in [-0.1, -0.05) is 50.2 Å². The molecule has 5 nitrogen and oxygen atoms in total. The first-order valence-corrected chi connectivity index (χ1v) is 9.00. The van der Waals surface area contributed by atoms with E-state index in [-0.39, 0.29) is 36.8 Å². The molecule has 3 N–H and O–H groups in total. The van der Waals surface area contributed by atoms with E-state index in [4.69, 9.17) is 0 Å². The zero-order valence-corrected chi connectivity index (χ0v) is 16.4. The van der Waals surface area contributed by atoms with Gasteiger partial charge < -0.3 is 16.0 Å².